The van der Waals surface area contributed by atoms with Crippen molar-refractivity contribution in [2.45, 2.75) is 50.9 Å². The number of phenols is 1. The van der Waals surface area contributed by atoms with Gasteiger partial charge < -0.3 is 20.6 Å². The summed E-state index contributed by atoms with van der Waals surface area (Å²) in [6.45, 7) is 6.29. The summed E-state index contributed by atoms with van der Waals surface area (Å²) in [7, 11) is 0. The van der Waals surface area contributed by atoms with Crippen LogP contribution in [0.5, 0.6) is 5.75 Å². The maximum Gasteiger partial charge on any atom is 0.416 e. The first-order chi connectivity index (χ1) is 18.5. The molecule has 206 valence electrons. The summed E-state index contributed by atoms with van der Waals surface area (Å²) < 4.78 is 41.7. The van der Waals surface area contributed by atoms with Crippen molar-refractivity contribution in [3.05, 3.63) is 83.4 Å². The van der Waals surface area contributed by atoms with Crippen molar-refractivity contribution in [3.8, 4) is 5.75 Å². The number of phenolic OH excluding ortho intramolecular Hbond substituents is 1. The van der Waals surface area contributed by atoms with Crippen molar-refractivity contribution in [1.29, 1.82) is 0 Å². The molecule has 3 N–H and O–H groups in total. The van der Waals surface area contributed by atoms with E-state index >= 15 is 0 Å². The Morgan fingerprint density at radius 3 is 2.36 bits per heavy atom. The number of rotatable bonds is 5. The lowest BCUT2D eigenvalue weighted by molar-refractivity contribution is -0.138. The predicted molar refractivity (Wildman–Crippen MR) is 146 cm³/mol. The smallest absolute Gasteiger partial charge is 0.416 e. The SMILES string of the molecule is CC1(C)CN(c2ccccc2NC(=O)NC2CCN(Cc3ccccc3)CC2)c2c(O)ccc(C(F)(F)F)c21. The monoisotopic (exact) mass is 538 g/mol. The van der Waals surface area contributed by atoms with Crippen LogP contribution in [-0.4, -0.2) is 41.7 Å². The molecule has 1 fully saturated rings. The van der Waals surface area contributed by atoms with Gasteiger partial charge in [-0.3, -0.25) is 4.90 Å². The molecule has 0 bridgehead atoms. The van der Waals surface area contributed by atoms with Crippen LogP contribution in [0, 0.1) is 0 Å². The van der Waals surface area contributed by atoms with Gasteiger partial charge in [0.15, 0.2) is 0 Å². The number of hydrogen-bond acceptors (Lipinski definition) is 4. The largest absolute Gasteiger partial charge is 0.506 e. The van der Waals surface area contributed by atoms with E-state index in [1.165, 1.54) is 5.56 Å². The summed E-state index contributed by atoms with van der Waals surface area (Å²) in [5.41, 5.74) is 0.764. The lowest BCUT2D eigenvalue weighted by atomic mass is 9.83. The molecule has 2 aliphatic rings. The minimum atomic E-state index is -4.56. The molecule has 0 spiro atoms. The maximum absolute atomic E-state index is 13.9. The molecule has 1 saturated heterocycles. The molecule has 2 aliphatic heterocycles. The highest BCUT2D eigenvalue weighted by molar-refractivity contribution is 5.95. The standard InChI is InChI=1S/C30H33F3N4O2/c1-29(2)19-37(27-25(38)13-12-22(26(27)29)30(31,32)33)24-11-7-6-10-23(24)35-28(39)34-21-14-16-36(17-15-21)18-20-8-4-3-5-9-20/h3-13,21,38H,14-19H2,1-2H3,(H2,34,35,39). The number of likely N-dealkylation sites (tertiary alicyclic amines) is 1. The fraction of sp³-hybridized carbons (Fsp3) is 0.367. The summed E-state index contributed by atoms with van der Waals surface area (Å²) in [5.74, 6) is -0.231. The fourth-order valence-corrected chi connectivity index (χ4v) is 5.77. The molecule has 9 heteroatoms. The molecule has 2 amide bonds. The van der Waals surface area contributed by atoms with Crippen molar-refractivity contribution in [2.24, 2.45) is 0 Å². The van der Waals surface area contributed by atoms with E-state index in [-0.39, 0.29) is 35.6 Å². The number of benzene rings is 3. The van der Waals surface area contributed by atoms with Gasteiger partial charge in [0.1, 0.15) is 5.75 Å². The summed E-state index contributed by atoms with van der Waals surface area (Å²) >= 11 is 0. The van der Waals surface area contributed by atoms with Crippen molar-refractivity contribution in [3.63, 3.8) is 0 Å². The molecule has 6 nitrogen and oxygen atoms in total. The molecule has 3 aromatic carbocycles. The Balaban J connectivity index is 1.29. The number of hydrogen-bond donors (Lipinski definition) is 3. The molecular weight excluding hydrogens is 505 g/mol. The Morgan fingerprint density at radius 1 is 1.00 bits per heavy atom. The van der Waals surface area contributed by atoms with Crippen LogP contribution in [0.25, 0.3) is 0 Å². The highest BCUT2D eigenvalue weighted by atomic mass is 19.4. The molecule has 3 aromatic rings. The third-order valence-electron chi connectivity index (χ3n) is 7.58. The second-order valence-electron chi connectivity index (χ2n) is 11.0. The first-order valence-electron chi connectivity index (χ1n) is 13.2. The Kier molecular flexibility index (Phi) is 7.20. The second-order valence-corrected chi connectivity index (χ2v) is 11.0. The minimum Gasteiger partial charge on any atom is -0.506 e. The highest BCUT2D eigenvalue weighted by Gasteiger charge is 2.46. The van der Waals surface area contributed by atoms with Gasteiger partial charge >= 0.3 is 12.2 Å². The van der Waals surface area contributed by atoms with E-state index in [0.29, 0.717) is 11.4 Å². The molecule has 0 radical (unpaired) electrons. The van der Waals surface area contributed by atoms with Crippen molar-refractivity contribution in [2.75, 3.05) is 29.9 Å². The molecular formula is C30H33F3N4O2. The lowest BCUT2D eigenvalue weighted by Crippen LogP contribution is -2.45. The van der Waals surface area contributed by atoms with Crippen LogP contribution in [0.1, 0.15) is 43.4 Å². The van der Waals surface area contributed by atoms with Crippen molar-refractivity contribution < 1.29 is 23.1 Å². The minimum absolute atomic E-state index is 0.0222. The van der Waals surface area contributed by atoms with E-state index in [0.717, 1.165) is 44.6 Å². The first-order valence-corrected chi connectivity index (χ1v) is 13.2. The molecule has 5 rings (SSSR count). The van der Waals surface area contributed by atoms with Gasteiger partial charge in [-0.1, -0.05) is 56.3 Å². The predicted octanol–water partition coefficient (Wildman–Crippen LogP) is 6.63. The summed E-state index contributed by atoms with van der Waals surface area (Å²) in [5, 5.41) is 16.6. The fourth-order valence-electron chi connectivity index (χ4n) is 5.77. The van der Waals surface area contributed by atoms with E-state index < -0.39 is 17.2 Å². The summed E-state index contributed by atoms with van der Waals surface area (Å²) in [6, 6.07) is 18.9. The van der Waals surface area contributed by atoms with Gasteiger partial charge in [0.05, 0.1) is 22.6 Å². The van der Waals surface area contributed by atoms with Gasteiger partial charge in [-0.05, 0) is 48.2 Å². The van der Waals surface area contributed by atoms with Crippen molar-refractivity contribution >= 4 is 23.1 Å². The van der Waals surface area contributed by atoms with E-state index in [9.17, 15) is 23.1 Å². The number of fused-ring (bicyclic) bond motifs is 1. The Labute approximate surface area is 226 Å². The average Bonchev–Trinajstić information content (AvgIpc) is 3.17. The number of para-hydroxylation sites is 2. The van der Waals surface area contributed by atoms with Gasteiger partial charge in [-0.25, -0.2) is 4.79 Å². The zero-order valence-electron chi connectivity index (χ0n) is 22.1. The van der Waals surface area contributed by atoms with Crippen LogP contribution in [0.2, 0.25) is 0 Å². The molecule has 0 aromatic heterocycles. The number of piperidine rings is 1. The van der Waals surface area contributed by atoms with Gasteiger partial charge in [-0.15, -0.1) is 0 Å². The normalized spacial score (nSPS) is 17.6. The highest BCUT2D eigenvalue weighted by Crippen LogP contribution is 2.54. The summed E-state index contributed by atoms with van der Waals surface area (Å²) in [4.78, 5) is 17.0. The Morgan fingerprint density at radius 2 is 1.67 bits per heavy atom. The zero-order valence-corrected chi connectivity index (χ0v) is 22.1. The third-order valence-corrected chi connectivity index (χ3v) is 7.58. The van der Waals surface area contributed by atoms with Crippen LogP contribution in [0.3, 0.4) is 0 Å². The number of anilines is 3. The number of alkyl halides is 3. The van der Waals surface area contributed by atoms with Crippen LogP contribution < -0.4 is 15.5 Å². The van der Waals surface area contributed by atoms with Gasteiger partial charge in [-0.2, -0.15) is 13.2 Å². The van der Waals surface area contributed by atoms with E-state index in [4.69, 9.17) is 0 Å². The molecule has 0 atom stereocenters. The number of aromatic hydroxyl groups is 1. The quantitative estimate of drug-likeness (QED) is 0.341. The number of urea groups is 1. The Hall–Kier alpha value is -3.72. The molecule has 0 aliphatic carbocycles. The Bertz CT molecular complexity index is 1340. The number of amides is 2. The molecule has 0 saturated carbocycles. The van der Waals surface area contributed by atoms with Crippen LogP contribution in [-0.2, 0) is 18.1 Å². The number of nitrogens with one attached hydrogen (secondary N) is 2. The maximum atomic E-state index is 13.9. The number of nitrogens with zero attached hydrogens (tertiary/aromatic N) is 2. The van der Waals surface area contributed by atoms with Crippen LogP contribution >= 0.6 is 0 Å². The molecule has 0 unspecified atom stereocenters. The van der Waals surface area contributed by atoms with Gasteiger partial charge in [0.2, 0.25) is 0 Å². The first kappa shape index (κ1) is 26.9. The van der Waals surface area contributed by atoms with Crippen molar-refractivity contribution in [1.82, 2.24) is 10.2 Å². The summed E-state index contributed by atoms with van der Waals surface area (Å²) in [6.07, 6.45) is -2.91. The van der Waals surface area contributed by atoms with E-state index in [2.05, 4.69) is 27.7 Å². The van der Waals surface area contributed by atoms with Gasteiger partial charge in [0, 0.05) is 37.6 Å². The third kappa shape index (κ3) is 5.68. The zero-order chi connectivity index (χ0) is 27.8. The van der Waals surface area contributed by atoms with Crippen LogP contribution in [0.15, 0.2) is 66.7 Å². The van der Waals surface area contributed by atoms with E-state index in [1.807, 2.05) is 18.2 Å². The topological polar surface area (TPSA) is 67.8 Å². The average molecular weight is 539 g/mol. The number of carbonyl (C=O) groups excluding carboxylic acids is 1. The number of carbonyl (C=O) groups is 1. The van der Waals surface area contributed by atoms with E-state index in [1.54, 1.807) is 43.0 Å². The number of halogens is 3. The lowest BCUT2D eigenvalue weighted by Gasteiger charge is -2.32. The molecule has 39 heavy (non-hydrogen) atoms. The van der Waals surface area contributed by atoms with Gasteiger partial charge in [0.25, 0.3) is 0 Å². The second kappa shape index (κ2) is 10.4. The molecule has 2 heterocycles. The van der Waals surface area contributed by atoms with Crippen LogP contribution in [0.4, 0.5) is 35.0 Å².